The summed E-state index contributed by atoms with van der Waals surface area (Å²) < 4.78 is 16.7. The number of carboxylic acids is 1. The van der Waals surface area contributed by atoms with Crippen LogP contribution in [0.4, 0.5) is 5.69 Å². The Balaban J connectivity index is 1.49. The Kier molecular flexibility index (Phi) is 5.58. The fraction of sp³-hybridized carbons (Fsp3) is 0.263. The highest BCUT2D eigenvalue weighted by molar-refractivity contribution is 5.94. The van der Waals surface area contributed by atoms with Crippen molar-refractivity contribution in [2.45, 2.75) is 18.9 Å². The molecule has 7 nitrogen and oxygen atoms in total. The van der Waals surface area contributed by atoms with Gasteiger partial charge in [0.2, 0.25) is 6.10 Å². The fourth-order valence-corrected chi connectivity index (χ4v) is 2.42. The van der Waals surface area contributed by atoms with E-state index in [1.165, 1.54) is 0 Å². The van der Waals surface area contributed by atoms with E-state index < -0.39 is 12.1 Å². The second-order valence-electron chi connectivity index (χ2n) is 5.72. The van der Waals surface area contributed by atoms with Gasteiger partial charge < -0.3 is 24.6 Å². The molecule has 0 saturated heterocycles. The Morgan fingerprint density at radius 2 is 1.85 bits per heavy atom. The predicted octanol–water partition coefficient (Wildman–Crippen LogP) is 2.71. The lowest BCUT2D eigenvalue weighted by molar-refractivity contribution is -0.137. The second kappa shape index (κ2) is 8.24. The number of carbonyl (C=O) groups excluding carboxylic acids is 1. The minimum atomic E-state index is -0.844. The lowest BCUT2D eigenvalue weighted by atomic mass is 10.2. The predicted molar refractivity (Wildman–Crippen MR) is 93.8 cm³/mol. The third-order valence-corrected chi connectivity index (χ3v) is 3.73. The van der Waals surface area contributed by atoms with Crippen molar-refractivity contribution in [1.82, 2.24) is 0 Å². The standard InChI is InChI=1S/C19H19NO6/c21-18(22)6-3-11-24-14-9-7-13(8-10-14)20-19(23)17-12-25-15-4-1-2-5-16(15)26-17/h1-2,4-5,7-10,17H,3,6,11-12H2,(H,20,23)(H,21,22). The Morgan fingerprint density at radius 1 is 1.12 bits per heavy atom. The highest BCUT2D eigenvalue weighted by Gasteiger charge is 2.27. The van der Waals surface area contributed by atoms with Gasteiger partial charge >= 0.3 is 5.97 Å². The molecule has 26 heavy (non-hydrogen) atoms. The highest BCUT2D eigenvalue weighted by Crippen LogP contribution is 2.31. The molecule has 1 heterocycles. The van der Waals surface area contributed by atoms with E-state index in [1.807, 2.05) is 12.1 Å². The average Bonchev–Trinajstić information content (AvgIpc) is 2.66. The molecule has 1 atom stereocenters. The highest BCUT2D eigenvalue weighted by atomic mass is 16.6. The van der Waals surface area contributed by atoms with Crippen LogP contribution < -0.4 is 19.5 Å². The van der Waals surface area contributed by atoms with E-state index in [4.69, 9.17) is 19.3 Å². The molecular weight excluding hydrogens is 338 g/mol. The molecule has 0 bridgehead atoms. The molecule has 2 aromatic rings. The van der Waals surface area contributed by atoms with Crippen molar-refractivity contribution in [1.29, 1.82) is 0 Å². The van der Waals surface area contributed by atoms with E-state index in [1.54, 1.807) is 36.4 Å². The van der Waals surface area contributed by atoms with Gasteiger partial charge in [-0.2, -0.15) is 0 Å². The van der Waals surface area contributed by atoms with Gasteiger partial charge in [-0.3, -0.25) is 9.59 Å². The maximum atomic E-state index is 12.3. The van der Waals surface area contributed by atoms with E-state index in [0.29, 0.717) is 36.0 Å². The lowest BCUT2D eigenvalue weighted by Crippen LogP contribution is -2.40. The first-order valence-electron chi connectivity index (χ1n) is 8.26. The zero-order valence-electron chi connectivity index (χ0n) is 14.0. The van der Waals surface area contributed by atoms with Gasteiger partial charge in [0.05, 0.1) is 6.61 Å². The molecule has 136 valence electrons. The number of nitrogens with one attached hydrogen (secondary N) is 1. The van der Waals surface area contributed by atoms with Crippen molar-refractivity contribution in [2.75, 3.05) is 18.5 Å². The largest absolute Gasteiger partial charge is 0.494 e. The molecule has 2 aromatic carbocycles. The number of fused-ring (bicyclic) bond motifs is 1. The number of anilines is 1. The molecule has 1 amide bonds. The van der Waals surface area contributed by atoms with Crippen molar-refractivity contribution in [2.24, 2.45) is 0 Å². The van der Waals surface area contributed by atoms with Crippen LogP contribution in [-0.2, 0) is 9.59 Å². The fourth-order valence-electron chi connectivity index (χ4n) is 2.42. The summed E-state index contributed by atoms with van der Waals surface area (Å²) in [6, 6.07) is 14.0. The van der Waals surface area contributed by atoms with Crippen molar-refractivity contribution in [3.8, 4) is 17.2 Å². The molecule has 3 rings (SSSR count). The summed E-state index contributed by atoms with van der Waals surface area (Å²) in [4.78, 5) is 22.8. The Hall–Kier alpha value is -3.22. The third-order valence-electron chi connectivity index (χ3n) is 3.73. The molecule has 0 fully saturated rings. The smallest absolute Gasteiger partial charge is 0.303 e. The number of aliphatic carboxylic acids is 1. The Labute approximate surface area is 150 Å². The molecule has 0 saturated carbocycles. The number of amides is 1. The van der Waals surface area contributed by atoms with Gasteiger partial charge in [-0.25, -0.2) is 0 Å². The minimum Gasteiger partial charge on any atom is -0.494 e. The molecule has 1 aliphatic rings. The van der Waals surface area contributed by atoms with Gasteiger partial charge in [-0.05, 0) is 42.8 Å². The first-order valence-corrected chi connectivity index (χ1v) is 8.26. The molecule has 0 radical (unpaired) electrons. The van der Waals surface area contributed by atoms with Gasteiger partial charge in [0.1, 0.15) is 12.4 Å². The maximum Gasteiger partial charge on any atom is 0.303 e. The van der Waals surface area contributed by atoms with Crippen LogP contribution in [0.15, 0.2) is 48.5 Å². The van der Waals surface area contributed by atoms with Crippen LogP contribution in [0, 0.1) is 0 Å². The molecule has 7 heteroatoms. The summed E-state index contributed by atoms with van der Waals surface area (Å²) in [7, 11) is 0. The van der Waals surface area contributed by atoms with Crippen LogP contribution in [0.2, 0.25) is 0 Å². The van der Waals surface area contributed by atoms with E-state index >= 15 is 0 Å². The van der Waals surface area contributed by atoms with Crippen LogP contribution in [0.25, 0.3) is 0 Å². The van der Waals surface area contributed by atoms with Gasteiger partial charge in [0, 0.05) is 12.1 Å². The molecule has 1 unspecified atom stereocenters. The molecule has 0 aromatic heterocycles. The molecule has 0 spiro atoms. The SMILES string of the molecule is O=C(O)CCCOc1ccc(NC(=O)C2COc3ccccc3O2)cc1. The number of ether oxygens (including phenoxy) is 3. The number of hydrogen-bond acceptors (Lipinski definition) is 5. The number of para-hydroxylation sites is 2. The van der Waals surface area contributed by atoms with Crippen molar-refractivity contribution in [3.63, 3.8) is 0 Å². The topological polar surface area (TPSA) is 94.1 Å². The minimum absolute atomic E-state index is 0.0702. The van der Waals surface area contributed by atoms with Crippen LogP contribution >= 0.6 is 0 Å². The summed E-state index contributed by atoms with van der Waals surface area (Å²) in [6.07, 6.45) is -0.216. The number of benzene rings is 2. The molecule has 1 aliphatic heterocycles. The van der Waals surface area contributed by atoms with Gasteiger partial charge in [-0.1, -0.05) is 12.1 Å². The summed E-state index contributed by atoms with van der Waals surface area (Å²) in [5.74, 6) is 0.641. The first kappa shape index (κ1) is 17.6. The van der Waals surface area contributed by atoms with Crippen molar-refractivity contribution < 1.29 is 28.9 Å². The molecular formula is C19H19NO6. The van der Waals surface area contributed by atoms with Gasteiger partial charge in [0.25, 0.3) is 5.91 Å². The Morgan fingerprint density at radius 3 is 2.58 bits per heavy atom. The number of carboxylic acid groups (broad SMARTS) is 1. The van der Waals surface area contributed by atoms with E-state index in [9.17, 15) is 9.59 Å². The zero-order chi connectivity index (χ0) is 18.4. The van der Waals surface area contributed by atoms with Crippen LogP contribution in [-0.4, -0.2) is 36.3 Å². The van der Waals surface area contributed by atoms with Crippen LogP contribution in [0.5, 0.6) is 17.2 Å². The molecule has 2 N–H and O–H groups in total. The zero-order valence-corrected chi connectivity index (χ0v) is 14.0. The van der Waals surface area contributed by atoms with Crippen LogP contribution in [0.3, 0.4) is 0 Å². The van der Waals surface area contributed by atoms with E-state index in [-0.39, 0.29) is 18.9 Å². The number of hydrogen-bond donors (Lipinski definition) is 2. The van der Waals surface area contributed by atoms with E-state index in [2.05, 4.69) is 5.32 Å². The van der Waals surface area contributed by atoms with Crippen LogP contribution in [0.1, 0.15) is 12.8 Å². The van der Waals surface area contributed by atoms with Gasteiger partial charge in [-0.15, -0.1) is 0 Å². The van der Waals surface area contributed by atoms with Gasteiger partial charge in [0.15, 0.2) is 11.5 Å². The Bertz CT molecular complexity index is 774. The van der Waals surface area contributed by atoms with Crippen molar-refractivity contribution in [3.05, 3.63) is 48.5 Å². The summed E-state index contributed by atoms with van der Waals surface area (Å²) in [5.41, 5.74) is 0.607. The van der Waals surface area contributed by atoms with Crippen molar-refractivity contribution >= 4 is 17.6 Å². The number of rotatable bonds is 7. The second-order valence-corrected chi connectivity index (χ2v) is 5.72. The first-order chi connectivity index (χ1) is 12.6. The number of carbonyl (C=O) groups is 2. The summed E-state index contributed by atoms with van der Waals surface area (Å²) >= 11 is 0. The maximum absolute atomic E-state index is 12.3. The molecule has 0 aliphatic carbocycles. The average molecular weight is 357 g/mol. The normalized spacial score (nSPS) is 15.2. The van der Waals surface area contributed by atoms with E-state index in [0.717, 1.165) is 0 Å². The monoisotopic (exact) mass is 357 g/mol. The quantitative estimate of drug-likeness (QED) is 0.740. The lowest BCUT2D eigenvalue weighted by Gasteiger charge is -2.25. The summed E-state index contributed by atoms with van der Waals surface area (Å²) in [6.45, 7) is 0.471. The summed E-state index contributed by atoms with van der Waals surface area (Å²) in [5, 5.41) is 11.4. The third kappa shape index (κ3) is 4.66.